The highest BCUT2D eigenvalue weighted by atomic mass is 79.9. The first kappa shape index (κ1) is 8.92. The van der Waals surface area contributed by atoms with Gasteiger partial charge in [-0.05, 0) is 44.7 Å². The molecule has 0 aliphatic rings. The van der Waals surface area contributed by atoms with Crippen molar-refractivity contribution in [1.82, 2.24) is 0 Å². The van der Waals surface area contributed by atoms with Crippen molar-refractivity contribution in [1.29, 1.82) is 0 Å². The molecule has 0 fully saturated rings. The zero-order chi connectivity index (χ0) is 6.62. The number of alkyl halides is 2. The van der Waals surface area contributed by atoms with Gasteiger partial charge in [0.2, 0.25) is 0 Å². The first-order valence-corrected chi connectivity index (χ1v) is 4.25. The van der Waals surface area contributed by atoms with E-state index >= 15 is 0 Å². The van der Waals surface area contributed by atoms with E-state index in [1.54, 1.807) is 0 Å². The topological polar surface area (TPSA) is 20.2 Å². The summed E-state index contributed by atoms with van der Waals surface area (Å²) in [6.07, 6.45) is 2.90. The van der Waals surface area contributed by atoms with Crippen LogP contribution in [-0.4, -0.2) is 8.53 Å². The molecule has 0 heterocycles. The number of aliphatic hydroxyl groups is 1. The van der Waals surface area contributed by atoms with Gasteiger partial charge in [-0.3, -0.25) is 0 Å². The number of rotatable bonds is 3. The molecule has 0 aliphatic heterocycles. The zero-order valence-electron chi connectivity index (χ0n) is 4.82. The van der Waals surface area contributed by atoms with E-state index in [2.05, 4.69) is 38.8 Å². The standard InChI is InChI=1S/C5H10Br2O/c1-2-3-4-5(6,7)8/h8H,2-4H2,1H3. The maximum atomic E-state index is 8.98. The monoisotopic (exact) mass is 244 g/mol. The number of unbranched alkanes of at least 4 members (excludes halogenated alkanes) is 1. The minimum absolute atomic E-state index is 0.753. The smallest absolute Gasteiger partial charge is 0.174 e. The molecule has 0 atom stereocenters. The Morgan fingerprint density at radius 3 is 2.12 bits per heavy atom. The molecule has 1 nitrogen and oxygen atoms in total. The van der Waals surface area contributed by atoms with Gasteiger partial charge in [0, 0.05) is 0 Å². The van der Waals surface area contributed by atoms with Gasteiger partial charge < -0.3 is 5.11 Å². The van der Waals surface area contributed by atoms with Crippen molar-refractivity contribution in [2.45, 2.75) is 29.6 Å². The highest BCUT2D eigenvalue weighted by Crippen LogP contribution is 2.27. The van der Waals surface area contributed by atoms with E-state index in [0.717, 1.165) is 19.3 Å². The van der Waals surface area contributed by atoms with Gasteiger partial charge in [-0.25, -0.2) is 0 Å². The van der Waals surface area contributed by atoms with Gasteiger partial charge in [0.1, 0.15) is 0 Å². The van der Waals surface area contributed by atoms with E-state index in [9.17, 15) is 0 Å². The Morgan fingerprint density at radius 1 is 1.50 bits per heavy atom. The lowest BCUT2D eigenvalue weighted by Crippen LogP contribution is -2.07. The molecular formula is C5H10Br2O. The Kier molecular flexibility index (Phi) is 4.30. The molecule has 0 amide bonds. The van der Waals surface area contributed by atoms with E-state index in [-0.39, 0.29) is 0 Å². The van der Waals surface area contributed by atoms with Gasteiger partial charge in [-0.1, -0.05) is 13.3 Å². The zero-order valence-corrected chi connectivity index (χ0v) is 8.00. The highest BCUT2D eigenvalue weighted by Gasteiger charge is 2.15. The average Bonchev–Trinajstić information content (AvgIpc) is 1.59. The van der Waals surface area contributed by atoms with Crippen LogP contribution < -0.4 is 0 Å². The molecular weight excluding hydrogens is 236 g/mol. The first-order valence-electron chi connectivity index (χ1n) is 2.66. The quantitative estimate of drug-likeness (QED) is 0.758. The molecule has 3 heteroatoms. The van der Waals surface area contributed by atoms with Gasteiger partial charge in [-0.2, -0.15) is 0 Å². The van der Waals surface area contributed by atoms with Crippen molar-refractivity contribution >= 4 is 31.9 Å². The molecule has 8 heavy (non-hydrogen) atoms. The van der Waals surface area contributed by atoms with Crippen LogP contribution in [0, 0.1) is 0 Å². The molecule has 0 saturated heterocycles. The molecule has 0 aromatic heterocycles. The van der Waals surface area contributed by atoms with E-state index in [0.29, 0.717) is 0 Å². The molecule has 1 N–H and O–H groups in total. The van der Waals surface area contributed by atoms with Crippen LogP contribution in [0.15, 0.2) is 0 Å². The van der Waals surface area contributed by atoms with Gasteiger partial charge >= 0.3 is 0 Å². The molecule has 0 aliphatic carbocycles. The summed E-state index contributed by atoms with van der Waals surface area (Å²) in [5, 5.41) is 8.98. The summed E-state index contributed by atoms with van der Waals surface area (Å²) in [7, 11) is 0. The largest absolute Gasteiger partial charge is 0.369 e. The number of halogens is 2. The Labute approximate surface area is 66.7 Å². The molecule has 0 aromatic rings. The highest BCUT2D eigenvalue weighted by molar-refractivity contribution is 9.25. The van der Waals surface area contributed by atoms with Gasteiger partial charge in [0.15, 0.2) is 3.42 Å². The fraction of sp³-hybridized carbons (Fsp3) is 1.00. The van der Waals surface area contributed by atoms with Crippen LogP contribution in [0.5, 0.6) is 0 Å². The lowest BCUT2D eigenvalue weighted by atomic mass is 10.3. The van der Waals surface area contributed by atoms with E-state index in [1.165, 1.54) is 0 Å². The molecule has 0 saturated carbocycles. The van der Waals surface area contributed by atoms with E-state index in [4.69, 9.17) is 5.11 Å². The summed E-state index contributed by atoms with van der Waals surface area (Å²) in [5.41, 5.74) is 0. The second-order valence-electron chi connectivity index (χ2n) is 1.77. The Hall–Kier alpha value is 0.920. The van der Waals surface area contributed by atoms with Gasteiger partial charge in [0.05, 0.1) is 0 Å². The molecule has 0 bridgehead atoms. The average molecular weight is 246 g/mol. The van der Waals surface area contributed by atoms with Crippen LogP contribution in [0.2, 0.25) is 0 Å². The van der Waals surface area contributed by atoms with E-state index in [1.807, 2.05) is 0 Å². The minimum Gasteiger partial charge on any atom is -0.369 e. The summed E-state index contributed by atoms with van der Waals surface area (Å²) in [6.45, 7) is 2.09. The Bertz CT molecular complexity index is 57.9. The van der Waals surface area contributed by atoms with Crippen LogP contribution in [0.3, 0.4) is 0 Å². The number of hydrogen-bond acceptors (Lipinski definition) is 1. The third kappa shape index (κ3) is 6.92. The SMILES string of the molecule is CCCCC(O)(Br)Br. The van der Waals surface area contributed by atoms with Crippen LogP contribution in [-0.2, 0) is 0 Å². The second kappa shape index (κ2) is 3.85. The summed E-state index contributed by atoms with van der Waals surface area (Å²) >= 11 is 6.10. The molecule has 0 spiro atoms. The molecule has 0 rings (SSSR count). The summed E-state index contributed by atoms with van der Waals surface area (Å²) in [4.78, 5) is 0. The first-order chi connectivity index (χ1) is 3.56. The predicted molar refractivity (Wildman–Crippen MR) is 42.3 cm³/mol. The third-order valence-corrected chi connectivity index (χ3v) is 1.62. The maximum absolute atomic E-state index is 8.98. The fourth-order valence-corrected chi connectivity index (χ4v) is 0.950. The molecule has 0 unspecified atom stereocenters. The molecule has 0 aromatic carbocycles. The van der Waals surface area contributed by atoms with Gasteiger partial charge in [0.25, 0.3) is 0 Å². The summed E-state index contributed by atoms with van der Waals surface area (Å²) in [6, 6.07) is 0. The summed E-state index contributed by atoms with van der Waals surface area (Å²) < 4.78 is -0.823. The number of hydrogen-bond donors (Lipinski definition) is 1. The lowest BCUT2D eigenvalue weighted by molar-refractivity contribution is 0.230. The van der Waals surface area contributed by atoms with Crippen molar-refractivity contribution in [2.75, 3.05) is 0 Å². The van der Waals surface area contributed by atoms with Gasteiger partial charge in [-0.15, -0.1) is 0 Å². The lowest BCUT2D eigenvalue weighted by Gasteiger charge is -2.10. The molecule has 0 radical (unpaired) electrons. The van der Waals surface area contributed by atoms with Crippen LogP contribution in [0.25, 0.3) is 0 Å². The van der Waals surface area contributed by atoms with Crippen molar-refractivity contribution in [3.63, 3.8) is 0 Å². The van der Waals surface area contributed by atoms with Crippen LogP contribution in [0.1, 0.15) is 26.2 Å². The Morgan fingerprint density at radius 2 is 2.00 bits per heavy atom. The van der Waals surface area contributed by atoms with Crippen LogP contribution >= 0.6 is 31.9 Å². The second-order valence-corrected chi connectivity index (χ2v) is 5.46. The van der Waals surface area contributed by atoms with Crippen molar-refractivity contribution in [3.05, 3.63) is 0 Å². The molecule has 50 valence electrons. The van der Waals surface area contributed by atoms with Crippen molar-refractivity contribution < 1.29 is 5.11 Å². The summed E-state index contributed by atoms with van der Waals surface area (Å²) in [5.74, 6) is 0. The predicted octanol–water partition coefficient (Wildman–Crippen LogP) is 2.61. The van der Waals surface area contributed by atoms with Crippen molar-refractivity contribution in [3.8, 4) is 0 Å². The van der Waals surface area contributed by atoms with E-state index < -0.39 is 3.42 Å². The minimum atomic E-state index is -0.823. The van der Waals surface area contributed by atoms with Crippen molar-refractivity contribution in [2.24, 2.45) is 0 Å². The third-order valence-electron chi connectivity index (χ3n) is 0.831. The Balaban J connectivity index is 3.11. The maximum Gasteiger partial charge on any atom is 0.174 e. The normalized spacial score (nSPS) is 12.0. The fourth-order valence-electron chi connectivity index (χ4n) is 0.389. The van der Waals surface area contributed by atoms with Crippen LogP contribution in [0.4, 0.5) is 0 Å².